The standard InChI is InChI=1S/C95H86BN3/c1-59(2)68-40-45-74(79(52-68)60(3)4)70-54-88-91-89(55-70)99(93-77(66-32-22-16-23-33-66)38-27-39-78(93)67-34-24-17-25-35-67)87-58-73(97-84-48-42-71(94(8,9)10)56-80(84)81-57-72(95(11,12)13)43-49-85(81)97)44-47-83(87)96(91)82-46-41-69(90-62(6)50-61(5)51-63(90)7)53-86(82)98(88)92-75(64-28-18-14-19-29-64)36-26-37-76(92)65-30-20-15-21-31-65/h14-60H,1-13H3. The highest BCUT2D eigenvalue weighted by molar-refractivity contribution is 7.00. The molecule has 0 saturated heterocycles. The van der Waals surface area contributed by atoms with Crippen LogP contribution in [-0.2, 0) is 10.8 Å². The quantitative estimate of drug-likeness (QED) is 0.120. The molecule has 0 N–H and O–H groups in total. The number of hydrogen-bond acceptors (Lipinski definition) is 2. The van der Waals surface area contributed by atoms with Crippen LogP contribution in [0, 0.1) is 20.8 Å². The second-order valence-corrected chi connectivity index (χ2v) is 30.6. The topological polar surface area (TPSA) is 11.4 Å². The Bertz CT molecular complexity index is 5280. The first-order chi connectivity index (χ1) is 47.8. The number of rotatable bonds is 11. The number of aryl methyl sites for hydroxylation is 3. The zero-order valence-electron chi connectivity index (χ0n) is 59.6. The van der Waals surface area contributed by atoms with Gasteiger partial charge in [-0.1, -0.05) is 293 Å². The van der Waals surface area contributed by atoms with Gasteiger partial charge in [-0.3, -0.25) is 0 Å². The second-order valence-electron chi connectivity index (χ2n) is 30.6. The maximum absolute atomic E-state index is 2.72. The fourth-order valence-electron chi connectivity index (χ4n) is 16.4. The summed E-state index contributed by atoms with van der Waals surface area (Å²) in [5.74, 6) is 0.591. The van der Waals surface area contributed by atoms with Crippen molar-refractivity contribution in [1.29, 1.82) is 0 Å². The summed E-state index contributed by atoms with van der Waals surface area (Å²) < 4.78 is 2.56. The van der Waals surface area contributed by atoms with Gasteiger partial charge < -0.3 is 14.4 Å². The first-order valence-corrected chi connectivity index (χ1v) is 35.6. The van der Waals surface area contributed by atoms with Crippen LogP contribution < -0.4 is 26.2 Å². The average Bonchev–Trinajstić information content (AvgIpc) is 1.03. The molecule has 0 amide bonds. The van der Waals surface area contributed by atoms with Gasteiger partial charge in [0.05, 0.1) is 22.4 Å². The molecule has 4 heteroatoms. The van der Waals surface area contributed by atoms with Gasteiger partial charge in [0.1, 0.15) is 0 Å². The molecule has 13 aromatic carbocycles. The Morgan fingerprint density at radius 2 is 0.758 bits per heavy atom. The fraction of sp³-hybridized carbons (Fsp3) is 0.179. The lowest BCUT2D eigenvalue weighted by molar-refractivity contribution is 0.590. The van der Waals surface area contributed by atoms with Crippen molar-refractivity contribution >= 4 is 79.0 Å². The number of aromatic nitrogens is 1. The smallest absolute Gasteiger partial charge is 0.252 e. The van der Waals surface area contributed by atoms with E-state index in [9.17, 15) is 0 Å². The molecule has 0 atom stereocenters. The molecule has 0 spiro atoms. The summed E-state index contributed by atoms with van der Waals surface area (Å²) in [6.07, 6.45) is 0. The van der Waals surface area contributed by atoms with Crippen LogP contribution in [0.15, 0.2) is 273 Å². The van der Waals surface area contributed by atoms with Crippen molar-refractivity contribution in [2.75, 3.05) is 9.80 Å². The molecule has 0 fully saturated rings. The average molecular weight is 1280 g/mol. The Morgan fingerprint density at radius 1 is 0.333 bits per heavy atom. The maximum Gasteiger partial charge on any atom is 0.252 e. The Balaban J connectivity index is 1.11. The number of benzene rings is 13. The van der Waals surface area contributed by atoms with Gasteiger partial charge in [-0.25, -0.2) is 0 Å². The molecule has 0 bridgehead atoms. The van der Waals surface area contributed by atoms with E-state index in [-0.39, 0.29) is 23.5 Å². The largest absolute Gasteiger partial charge is 0.310 e. The van der Waals surface area contributed by atoms with Gasteiger partial charge >= 0.3 is 0 Å². The van der Waals surface area contributed by atoms with Crippen LogP contribution in [0.5, 0.6) is 0 Å². The van der Waals surface area contributed by atoms with Crippen molar-refractivity contribution in [2.45, 2.75) is 113 Å². The molecular formula is C95H86BN3. The van der Waals surface area contributed by atoms with Crippen molar-refractivity contribution < 1.29 is 0 Å². The first kappa shape index (κ1) is 63.1. The van der Waals surface area contributed by atoms with Gasteiger partial charge in [0.15, 0.2) is 0 Å². The minimum Gasteiger partial charge on any atom is -0.310 e. The molecule has 0 radical (unpaired) electrons. The lowest BCUT2D eigenvalue weighted by Gasteiger charge is -2.46. The summed E-state index contributed by atoms with van der Waals surface area (Å²) in [4.78, 5) is 5.44. The number of nitrogens with zero attached hydrogens (tertiary/aromatic N) is 3. The third-order valence-corrected chi connectivity index (χ3v) is 21.3. The summed E-state index contributed by atoms with van der Waals surface area (Å²) in [7, 11) is 0. The molecule has 3 heterocycles. The number of para-hydroxylation sites is 2. The van der Waals surface area contributed by atoms with Crippen molar-refractivity contribution in [3.8, 4) is 72.4 Å². The minimum atomic E-state index is -0.215. The first-order valence-electron chi connectivity index (χ1n) is 35.6. The van der Waals surface area contributed by atoms with E-state index in [0.29, 0.717) is 5.92 Å². The summed E-state index contributed by atoms with van der Waals surface area (Å²) in [5.41, 5.74) is 37.3. The Labute approximate surface area is 586 Å². The minimum absolute atomic E-state index is 0.0478. The molecule has 3 nitrogen and oxygen atoms in total. The highest BCUT2D eigenvalue weighted by atomic mass is 15.2. The molecule has 484 valence electrons. The molecule has 2 aliphatic heterocycles. The molecule has 0 unspecified atom stereocenters. The molecule has 14 aromatic rings. The summed E-state index contributed by atoms with van der Waals surface area (Å²) in [6, 6.07) is 105. The van der Waals surface area contributed by atoms with E-state index in [1.54, 1.807) is 0 Å². The highest BCUT2D eigenvalue weighted by Crippen LogP contribution is 2.55. The van der Waals surface area contributed by atoms with Crippen LogP contribution in [0.3, 0.4) is 0 Å². The highest BCUT2D eigenvalue weighted by Gasteiger charge is 2.46. The maximum atomic E-state index is 2.72. The Hall–Kier alpha value is -10.7. The predicted molar refractivity (Wildman–Crippen MR) is 427 cm³/mol. The van der Waals surface area contributed by atoms with Crippen molar-refractivity contribution in [1.82, 2.24) is 4.57 Å². The third-order valence-electron chi connectivity index (χ3n) is 21.3. The SMILES string of the molecule is Cc1cc(C)c(-c2ccc3c(c2)N(c2c(-c4ccccc4)cccc2-c2ccccc2)c2cc(-c4ccc(C(C)C)cc4C(C)C)cc4c2B3c2ccc(-n3c5ccc(C(C)(C)C)cc5c5cc(C(C)(C)C)ccc53)cc2N4c2c(-c3ccccc3)cccc2-c2ccccc2)c(C)c1. The molecule has 2 aliphatic rings. The van der Waals surface area contributed by atoms with Gasteiger partial charge in [-0.05, 0) is 192 Å². The molecule has 16 rings (SSSR count). The molecular weight excluding hydrogens is 1190 g/mol. The Morgan fingerprint density at radius 3 is 1.18 bits per heavy atom. The van der Waals surface area contributed by atoms with Crippen LogP contribution in [0.4, 0.5) is 34.1 Å². The van der Waals surface area contributed by atoms with Gasteiger partial charge in [0, 0.05) is 61.5 Å². The lowest BCUT2D eigenvalue weighted by Crippen LogP contribution is -2.61. The molecule has 99 heavy (non-hydrogen) atoms. The van der Waals surface area contributed by atoms with E-state index >= 15 is 0 Å². The van der Waals surface area contributed by atoms with Crippen molar-refractivity contribution in [2.24, 2.45) is 0 Å². The van der Waals surface area contributed by atoms with Crippen LogP contribution >= 0.6 is 0 Å². The summed E-state index contributed by atoms with van der Waals surface area (Å²) in [5, 5.41) is 2.54. The summed E-state index contributed by atoms with van der Waals surface area (Å²) in [6.45, 7) is 30.0. The third kappa shape index (κ3) is 10.8. The zero-order chi connectivity index (χ0) is 68.3. The number of anilines is 6. The predicted octanol–water partition coefficient (Wildman–Crippen LogP) is 24.6. The molecule has 1 aromatic heterocycles. The van der Waals surface area contributed by atoms with E-state index in [2.05, 4.69) is 377 Å². The monoisotopic (exact) mass is 1280 g/mol. The van der Waals surface area contributed by atoms with E-state index in [0.717, 1.165) is 84.3 Å². The van der Waals surface area contributed by atoms with Gasteiger partial charge in [-0.2, -0.15) is 0 Å². The van der Waals surface area contributed by atoms with Gasteiger partial charge in [-0.15, -0.1) is 0 Å². The molecule has 0 saturated carbocycles. The van der Waals surface area contributed by atoms with Gasteiger partial charge in [0.25, 0.3) is 6.71 Å². The van der Waals surface area contributed by atoms with E-state index < -0.39 is 0 Å². The lowest BCUT2D eigenvalue weighted by atomic mass is 9.33. The number of hydrogen-bond donors (Lipinski definition) is 0. The van der Waals surface area contributed by atoms with Crippen LogP contribution in [0.25, 0.3) is 94.3 Å². The normalized spacial score (nSPS) is 12.8. The van der Waals surface area contributed by atoms with Crippen LogP contribution in [0.1, 0.15) is 120 Å². The second kappa shape index (κ2) is 24.4. The fourth-order valence-corrected chi connectivity index (χ4v) is 16.4. The summed E-state index contributed by atoms with van der Waals surface area (Å²) >= 11 is 0. The van der Waals surface area contributed by atoms with Crippen molar-refractivity contribution in [3.05, 3.63) is 312 Å². The van der Waals surface area contributed by atoms with E-state index in [4.69, 9.17) is 0 Å². The number of fused-ring (bicyclic) bond motifs is 7. The van der Waals surface area contributed by atoms with E-state index in [1.165, 1.54) is 99.4 Å². The van der Waals surface area contributed by atoms with Crippen LogP contribution in [-0.4, -0.2) is 11.3 Å². The van der Waals surface area contributed by atoms with E-state index in [1.807, 2.05) is 0 Å². The van der Waals surface area contributed by atoms with Crippen molar-refractivity contribution in [3.63, 3.8) is 0 Å². The zero-order valence-corrected chi connectivity index (χ0v) is 59.6. The Kier molecular flexibility index (Phi) is 15.5. The van der Waals surface area contributed by atoms with Crippen LogP contribution in [0.2, 0.25) is 0 Å². The van der Waals surface area contributed by atoms with Gasteiger partial charge in [0.2, 0.25) is 0 Å². The molecule has 0 aliphatic carbocycles.